The summed E-state index contributed by atoms with van der Waals surface area (Å²) in [4.78, 5) is 27.0. The third-order valence-corrected chi connectivity index (χ3v) is 6.82. The number of benzene rings is 3. The predicted molar refractivity (Wildman–Crippen MR) is 140 cm³/mol. The molecule has 180 valence electrons. The van der Waals surface area contributed by atoms with Crippen molar-refractivity contribution in [2.45, 2.75) is 30.7 Å². The molecule has 6 nitrogen and oxygen atoms in total. The topological polar surface area (TPSA) is 76.7 Å². The molecule has 0 saturated heterocycles. The zero-order valence-corrected chi connectivity index (χ0v) is 20.8. The monoisotopic (exact) mass is 488 g/mol. The van der Waals surface area contributed by atoms with E-state index in [1.54, 1.807) is 38.5 Å². The van der Waals surface area contributed by atoms with Crippen LogP contribution in [-0.2, 0) is 11.2 Å². The minimum atomic E-state index is -0.217. The van der Waals surface area contributed by atoms with Crippen LogP contribution >= 0.6 is 11.8 Å². The molecule has 4 rings (SSSR count). The number of amides is 2. The van der Waals surface area contributed by atoms with Gasteiger partial charge in [0, 0.05) is 16.5 Å². The molecule has 0 aromatic heterocycles. The van der Waals surface area contributed by atoms with E-state index in [4.69, 9.17) is 9.47 Å². The molecule has 3 aromatic rings. The molecule has 1 aliphatic heterocycles. The maximum atomic E-state index is 12.8. The van der Waals surface area contributed by atoms with Crippen LogP contribution in [-0.4, -0.2) is 32.1 Å². The molecule has 1 atom stereocenters. The lowest BCUT2D eigenvalue weighted by atomic mass is 10.1. The van der Waals surface area contributed by atoms with E-state index < -0.39 is 0 Å². The molecule has 0 fully saturated rings. The van der Waals surface area contributed by atoms with E-state index >= 15 is 0 Å². The summed E-state index contributed by atoms with van der Waals surface area (Å²) in [5, 5.41) is 5.97. The van der Waals surface area contributed by atoms with Crippen LogP contribution in [0.2, 0.25) is 0 Å². The van der Waals surface area contributed by atoms with Gasteiger partial charge in [0.05, 0.1) is 24.8 Å². The summed E-state index contributed by atoms with van der Waals surface area (Å²) in [6.07, 6.45) is 3.55. The molecule has 1 unspecified atom stereocenters. The van der Waals surface area contributed by atoms with Crippen LogP contribution in [0, 0.1) is 0 Å². The molecule has 1 aliphatic rings. The average Bonchev–Trinajstić information content (AvgIpc) is 2.88. The highest BCUT2D eigenvalue weighted by Crippen LogP contribution is 2.40. The minimum absolute atomic E-state index is 0.0266. The van der Waals surface area contributed by atoms with Gasteiger partial charge in [-0.1, -0.05) is 48.2 Å². The van der Waals surface area contributed by atoms with Crippen LogP contribution in [0.5, 0.6) is 11.5 Å². The van der Waals surface area contributed by atoms with Crippen LogP contribution in [0.4, 0.5) is 5.69 Å². The minimum Gasteiger partial charge on any atom is -0.493 e. The van der Waals surface area contributed by atoms with Crippen LogP contribution in [0.3, 0.4) is 0 Å². The molecule has 0 radical (unpaired) electrons. The largest absolute Gasteiger partial charge is 0.493 e. The summed E-state index contributed by atoms with van der Waals surface area (Å²) in [5.74, 6) is 0.850. The SMILES string of the molecule is COc1ccc(/C=C2/Sc3ccc(C(=O)NC(C)CCc4ccccc4)cc3NC2=O)cc1OC. The fourth-order valence-corrected chi connectivity index (χ4v) is 4.73. The van der Waals surface area contributed by atoms with Gasteiger partial charge >= 0.3 is 0 Å². The number of aryl methyl sites for hydroxylation is 1. The van der Waals surface area contributed by atoms with E-state index in [9.17, 15) is 9.59 Å². The first-order valence-electron chi connectivity index (χ1n) is 11.4. The Morgan fingerprint density at radius 2 is 1.80 bits per heavy atom. The van der Waals surface area contributed by atoms with Crippen molar-refractivity contribution in [2.75, 3.05) is 19.5 Å². The highest BCUT2D eigenvalue weighted by atomic mass is 32.2. The molecule has 0 saturated carbocycles. The Morgan fingerprint density at radius 1 is 1.03 bits per heavy atom. The smallest absolute Gasteiger partial charge is 0.262 e. The number of nitrogens with one attached hydrogen (secondary N) is 2. The predicted octanol–water partition coefficient (Wildman–Crippen LogP) is 5.54. The Bertz CT molecular complexity index is 1260. The highest BCUT2D eigenvalue weighted by Gasteiger charge is 2.23. The number of carbonyl (C=O) groups is 2. The van der Waals surface area contributed by atoms with Crippen LogP contribution in [0.25, 0.3) is 6.08 Å². The molecule has 2 N–H and O–H groups in total. The molecule has 7 heteroatoms. The normalized spacial score (nSPS) is 14.6. The molecule has 0 bridgehead atoms. The second-order valence-electron chi connectivity index (χ2n) is 8.29. The van der Waals surface area contributed by atoms with Crippen molar-refractivity contribution in [1.82, 2.24) is 5.32 Å². The van der Waals surface area contributed by atoms with Crippen LogP contribution in [0.15, 0.2) is 76.5 Å². The van der Waals surface area contributed by atoms with Gasteiger partial charge in [0.15, 0.2) is 11.5 Å². The lowest BCUT2D eigenvalue weighted by Gasteiger charge is -2.20. The summed E-state index contributed by atoms with van der Waals surface area (Å²) in [7, 11) is 3.15. The molecule has 2 amide bonds. The first-order chi connectivity index (χ1) is 17.0. The lowest BCUT2D eigenvalue weighted by molar-refractivity contribution is -0.112. The zero-order chi connectivity index (χ0) is 24.8. The van der Waals surface area contributed by atoms with Gasteiger partial charge in [0.1, 0.15) is 0 Å². The summed E-state index contributed by atoms with van der Waals surface area (Å²) < 4.78 is 10.6. The number of thioether (sulfide) groups is 1. The summed E-state index contributed by atoms with van der Waals surface area (Å²) >= 11 is 1.37. The van der Waals surface area contributed by atoms with Gasteiger partial charge in [-0.2, -0.15) is 0 Å². The standard InChI is InChI=1S/C28H28N2O4S/c1-18(9-10-19-7-5-4-6-8-19)29-27(31)21-12-14-25-22(17-21)30-28(32)26(35-25)16-20-11-13-23(33-2)24(15-20)34-3/h4-8,11-18H,9-10H2,1-3H3,(H,29,31)(H,30,32)/b26-16+. The quantitative estimate of drug-likeness (QED) is 0.407. The summed E-state index contributed by atoms with van der Waals surface area (Å²) in [6.45, 7) is 2.00. The van der Waals surface area contributed by atoms with Crippen molar-refractivity contribution in [2.24, 2.45) is 0 Å². The second kappa shape index (κ2) is 11.1. The van der Waals surface area contributed by atoms with Crippen LogP contribution in [0.1, 0.15) is 34.8 Å². The second-order valence-corrected chi connectivity index (χ2v) is 9.37. The van der Waals surface area contributed by atoms with Crippen molar-refractivity contribution in [1.29, 1.82) is 0 Å². The number of fused-ring (bicyclic) bond motifs is 1. The summed E-state index contributed by atoms with van der Waals surface area (Å²) in [5.41, 5.74) is 3.22. The Morgan fingerprint density at radius 3 is 2.54 bits per heavy atom. The third kappa shape index (κ3) is 6.05. The molecule has 0 spiro atoms. The van der Waals surface area contributed by atoms with Crippen molar-refractivity contribution in [3.8, 4) is 11.5 Å². The molecule has 0 aliphatic carbocycles. The molecular weight excluding hydrogens is 460 g/mol. The average molecular weight is 489 g/mol. The summed E-state index contributed by atoms with van der Waals surface area (Å²) in [6, 6.07) is 21.1. The molecular formula is C28H28N2O4S. The van der Waals surface area contributed by atoms with Gasteiger partial charge in [0.2, 0.25) is 0 Å². The highest BCUT2D eigenvalue weighted by molar-refractivity contribution is 8.04. The van der Waals surface area contributed by atoms with E-state index in [1.165, 1.54) is 17.3 Å². The molecule has 1 heterocycles. The number of hydrogen-bond acceptors (Lipinski definition) is 5. The maximum absolute atomic E-state index is 12.8. The number of methoxy groups -OCH3 is 2. The number of rotatable bonds is 8. The first kappa shape index (κ1) is 24.4. The molecule has 3 aromatic carbocycles. The van der Waals surface area contributed by atoms with Gasteiger partial charge in [-0.25, -0.2) is 0 Å². The Hall–Kier alpha value is -3.71. The number of carbonyl (C=O) groups excluding carboxylic acids is 2. The number of anilines is 1. The third-order valence-electron chi connectivity index (χ3n) is 5.73. The number of ether oxygens (including phenoxy) is 2. The van der Waals surface area contributed by atoms with Gasteiger partial charge in [-0.15, -0.1) is 0 Å². The molecule has 35 heavy (non-hydrogen) atoms. The van der Waals surface area contributed by atoms with Crippen molar-refractivity contribution < 1.29 is 19.1 Å². The van der Waals surface area contributed by atoms with Crippen molar-refractivity contribution >= 4 is 35.3 Å². The van der Waals surface area contributed by atoms with Gasteiger partial charge in [0.25, 0.3) is 11.8 Å². The van der Waals surface area contributed by atoms with E-state index in [2.05, 4.69) is 22.8 Å². The van der Waals surface area contributed by atoms with Crippen molar-refractivity contribution in [3.63, 3.8) is 0 Å². The number of hydrogen-bond donors (Lipinski definition) is 2. The van der Waals surface area contributed by atoms with Gasteiger partial charge < -0.3 is 20.1 Å². The van der Waals surface area contributed by atoms with E-state index in [-0.39, 0.29) is 17.9 Å². The fourth-order valence-electron chi connectivity index (χ4n) is 3.80. The van der Waals surface area contributed by atoms with E-state index in [1.807, 2.05) is 43.3 Å². The van der Waals surface area contributed by atoms with Gasteiger partial charge in [-0.3, -0.25) is 9.59 Å². The van der Waals surface area contributed by atoms with E-state index in [0.717, 1.165) is 23.3 Å². The van der Waals surface area contributed by atoms with Crippen LogP contribution < -0.4 is 20.1 Å². The van der Waals surface area contributed by atoms with Crippen molar-refractivity contribution in [3.05, 3.63) is 88.3 Å². The zero-order valence-electron chi connectivity index (χ0n) is 20.0. The maximum Gasteiger partial charge on any atom is 0.262 e. The fraction of sp³-hybridized carbons (Fsp3) is 0.214. The lowest BCUT2D eigenvalue weighted by Crippen LogP contribution is -2.33. The Labute approximate surface area is 209 Å². The Kier molecular flexibility index (Phi) is 7.77. The van der Waals surface area contributed by atoms with E-state index in [0.29, 0.717) is 27.7 Å². The van der Waals surface area contributed by atoms with Gasteiger partial charge in [-0.05, 0) is 67.3 Å². The first-order valence-corrected chi connectivity index (χ1v) is 12.2. The Balaban J connectivity index is 1.42.